The molecule has 0 N–H and O–H groups in total. The van der Waals surface area contributed by atoms with Gasteiger partial charge in [0, 0.05) is 23.4 Å². The second kappa shape index (κ2) is 3.87. The van der Waals surface area contributed by atoms with Crippen LogP contribution >= 0.6 is 22.6 Å². The summed E-state index contributed by atoms with van der Waals surface area (Å²) in [6, 6.07) is 1.95. The van der Waals surface area contributed by atoms with Gasteiger partial charge in [0.15, 0.2) is 0 Å². The van der Waals surface area contributed by atoms with Crippen LogP contribution in [0.2, 0.25) is 0 Å². The highest BCUT2D eigenvalue weighted by atomic mass is 127. The summed E-state index contributed by atoms with van der Waals surface area (Å²) >= 11 is 2.37. The first-order valence-corrected chi connectivity index (χ1v) is 4.49. The van der Waals surface area contributed by atoms with Crippen LogP contribution in [0.25, 0.3) is 0 Å². The largest absolute Gasteiger partial charge is 0.273 e. The van der Waals surface area contributed by atoms with E-state index in [1.165, 1.54) is 10.8 Å². The Bertz CT molecular complexity index is 148. The number of aryl methyl sites for hydroxylation is 1. The van der Waals surface area contributed by atoms with Crippen molar-refractivity contribution in [2.75, 3.05) is 4.43 Å². The molecule has 0 spiro atoms. The predicted octanol–water partition coefficient (Wildman–Crippen LogP) is 1.71. The summed E-state index contributed by atoms with van der Waals surface area (Å²) in [5, 5.41) is 4.07. The Balaban J connectivity index is 2.30. The van der Waals surface area contributed by atoms with E-state index < -0.39 is 0 Å². The van der Waals surface area contributed by atoms with Crippen LogP contribution < -0.4 is 0 Å². The molecular weight excluding hydrogens is 227 g/mol. The van der Waals surface area contributed by atoms with E-state index in [1.54, 1.807) is 0 Å². The Morgan fingerprint density at radius 1 is 1.56 bits per heavy atom. The van der Waals surface area contributed by atoms with Crippen LogP contribution in [0, 0.1) is 0 Å². The highest BCUT2D eigenvalue weighted by Crippen LogP contribution is 1.92. The molecule has 0 radical (unpaired) electrons. The lowest BCUT2D eigenvalue weighted by Crippen LogP contribution is -1.97. The summed E-state index contributed by atoms with van der Waals surface area (Å²) < 4.78 is 3.16. The molecule has 50 valence electrons. The number of rotatable bonds is 3. The lowest BCUT2D eigenvalue weighted by Gasteiger charge is -1.95. The fourth-order valence-corrected chi connectivity index (χ4v) is 0.996. The molecule has 3 heteroatoms. The van der Waals surface area contributed by atoms with Gasteiger partial charge in [-0.1, -0.05) is 22.6 Å². The van der Waals surface area contributed by atoms with Crippen LogP contribution in [0.15, 0.2) is 18.5 Å². The van der Waals surface area contributed by atoms with E-state index >= 15 is 0 Å². The molecule has 0 aliphatic carbocycles. The van der Waals surface area contributed by atoms with Crippen LogP contribution in [0.1, 0.15) is 6.42 Å². The molecule has 1 rings (SSSR count). The molecule has 0 bridgehead atoms. The van der Waals surface area contributed by atoms with Crippen molar-refractivity contribution >= 4 is 22.6 Å². The van der Waals surface area contributed by atoms with Crippen LogP contribution in [0.5, 0.6) is 0 Å². The number of nitrogens with zero attached hydrogens (tertiary/aromatic N) is 2. The van der Waals surface area contributed by atoms with Crippen molar-refractivity contribution in [3.8, 4) is 0 Å². The molecule has 1 aromatic heterocycles. The Labute approximate surface area is 68.4 Å². The smallest absolute Gasteiger partial charge is 0.0489 e. The fourth-order valence-electron chi connectivity index (χ4n) is 0.654. The Morgan fingerprint density at radius 2 is 2.44 bits per heavy atom. The van der Waals surface area contributed by atoms with Gasteiger partial charge in [-0.3, -0.25) is 4.68 Å². The molecule has 0 aliphatic rings. The number of hydrogen-bond acceptors (Lipinski definition) is 1. The van der Waals surface area contributed by atoms with Gasteiger partial charge in [0.1, 0.15) is 0 Å². The first kappa shape index (κ1) is 7.05. The highest BCUT2D eigenvalue weighted by molar-refractivity contribution is 14.1. The van der Waals surface area contributed by atoms with Crippen molar-refractivity contribution in [2.45, 2.75) is 13.0 Å². The maximum Gasteiger partial charge on any atom is 0.0489 e. The van der Waals surface area contributed by atoms with E-state index in [9.17, 15) is 0 Å². The minimum absolute atomic E-state index is 1.05. The van der Waals surface area contributed by atoms with Crippen LogP contribution in [-0.4, -0.2) is 14.2 Å². The van der Waals surface area contributed by atoms with Gasteiger partial charge in [-0.05, 0) is 12.5 Å². The standard InChI is InChI=1S/C6H9IN2/c7-3-1-5-9-6-2-4-8-9/h2,4,6H,1,3,5H2. The summed E-state index contributed by atoms with van der Waals surface area (Å²) in [7, 11) is 0. The van der Waals surface area contributed by atoms with Crippen molar-refractivity contribution in [1.29, 1.82) is 0 Å². The van der Waals surface area contributed by atoms with Gasteiger partial charge in [-0.25, -0.2) is 0 Å². The Kier molecular flexibility index (Phi) is 3.03. The monoisotopic (exact) mass is 236 g/mol. The number of halogens is 1. The van der Waals surface area contributed by atoms with E-state index in [0.29, 0.717) is 0 Å². The molecule has 0 saturated heterocycles. The number of hydrogen-bond donors (Lipinski definition) is 0. The van der Waals surface area contributed by atoms with Gasteiger partial charge < -0.3 is 0 Å². The third-order valence-corrected chi connectivity index (χ3v) is 1.84. The molecule has 1 heterocycles. The van der Waals surface area contributed by atoms with Crippen molar-refractivity contribution in [3.63, 3.8) is 0 Å². The molecule has 9 heavy (non-hydrogen) atoms. The van der Waals surface area contributed by atoms with Crippen molar-refractivity contribution < 1.29 is 0 Å². The molecule has 0 aliphatic heterocycles. The Hall–Kier alpha value is -0.0600. The zero-order chi connectivity index (χ0) is 6.53. The second-order valence-corrected chi connectivity index (χ2v) is 2.89. The van der Waals surface area contributed by atoms with Gasteiger partial charge in [0.2, 0.25) is 0 Å². The van der Waals surface area contributed by atoms with Crippen LogP contribution in [-0.2, 0) is 6.54 Å². The summed E-state index contributed by atoms with van der Waals surface area (Å²) in [6.45, 7) is 1.05. The van der Waals surface area contributed by atoms with E-state index in [1.807, 2.05) is 23.1 Å². The first-order valence-electron chi connectivity index (χ1n) is 2.97. The lowest BCUT2D eigenvalue weighted by atomic mass is 10.5. The van der Waals surface area contributed by atoms with Crippen molar-refractivity contribution in [1.82, 2.24) is 9.78 Å². The van der Waals surface area contributed by atoms with Gasteiger partial charge in [-0.2, -0.15) is 5.10 Å². The van der Waals surface area contributed by atoms with Crippen LogP contribution in [0.4, 0.5) is 0 Å². The molecule has 0 amide bonds. The Morgan fingerprint density at radius 3 is 3.00 bits per heavy atom. The predicted molar refractivity (Wildman–Crippen MR) is 45.7 cm³/mol. The van der Waals surface area contributed by atoms with Gasteiger partial charge >= 0.3 is 0 Å². The zero-order valence-corrected chi connectivity index (χ0v) is 7.28. The van der Waals surface area contributed by atoms with E-state index in [2.05, 4.69) is 27.7 Å². The SMILES string of the molecule is ICCCn1cccn1. The lowest BCUT2D eigenvalue weighted by molar-refractivity contribution is 0.609. The number of aromatic nitrogens is 2. The zero-order valence-electron chi connectivity index (χ0n) is 5.13. The molecule has 0 fully saturated rings. The normalized spacial score (nSPS) is 9.89. The highest BCUT2D eigenvalue weighted by Gasteiger charge is 1.86. The minimum Gasteiger partial charge on any atom is -0.273 e. The van der Waals surface area contributed by atoms with Gasteiger partial charge in [0.05, 0.1) is 0 Å². The first-order chi connectivity index (χ1) is 4.43. The van der Waals surface area contributed by atoms with Crippen molar-refractivity contribution in [3.05, 3.63) is 18.5 Å². The molecular formula is C6H9IN2. The third kappa shape index (κ3) is 2.34. The maximum atomic E-state index is 4.07. The third-order valence-electron chi connectivity index (χ3n) is 1.08. The fraction of sp³-hybridized carbons (Fsp3) is 0.500. The van der Waals surface area contributed by atoms with Crippen molar-refractivity contribution in [2.24, 2.45) is 0 Å². The summed E-state index contributed by atoms with van der Waals surface area (Å²) in [6.07, 6.45) is 5.02. The minimum atomic E-state index is 1.05. The summed E-state index contributed by atoms with van der Waals surface area (Å²) in [5.74, 6) is 0. The maximum absolute atomic E-state index is 4.07. The van der Waals surface area contributed by atoms with E-state index in [-0.39, 0.29) is 0 Å². The average Bonchev–Trinajstić information content (AvgIpc) is 2.34. The second-order valence-electron chi connectivity index (χ2n) is 1.81. The van der Waals surface area contributed by atoms with Crippen LogP contribution in [0.3, 0.4) is 0 Å². The molecule has 0 saturated carbocycles. The summed E-state index contributed by atoms with van der Waals surface area (Å²) in [4.78, 5) is 0. The molecule has 0 unspecified atom stereocenters. The molecule has 0 aromatic carbocycles. The van der Waals surface area contributed by atoms with Gasteiger partial charge in [0.25, 0.3) is 0 Å². The molecule has 0 atom stereocenters. The van der Waals surface area contributed by atoms with Gasteiger partial charge in [-0.15, -0.1) is 0 Å². The molecule has 1 aromatic rings. The topological polar surface area (TPSA) is 17.8 Å². The summed E-state index contributed by atoms with van der Waals surface area (Å²) in [5.41, 5.74) is 0. The molecule has 2 nitrogen and oxygen atoms in total. The number of alkyl halides is 1. The van der Waals surface area contributed by atoms with E-state index in [0.717, 1.165) is 6.54 Å². The average molecular weight is 236 g/mol. The quantitative estimate of drug-likeness (QED) is 0.577. The van der Waals surface area contributed by atoms with E-state index in [4.69, 9.17) is 0 Å².